The number of nitrogens with zero attached hydrogens (tertiary/aromatic N) is 2. The fraction of sp³-hybridized carbons (Fsp3) is 0.385. The Bertz CT molecular complexity index is 1290. The van der Waals surface area contributed by atoms with Crippen LogP contribution in [0.15, 0.2) is 35.1 Å². The van der Waals surface area contributed by atoms with Crippen LogP contribution in [0.2, 0.25) is 0 Å². The highest BCUT2D eigenvalue weighted by Gasteiger charge is 2.24. The summed E-state index contributed by atoms with van der Waals surface area (Å²) in [7, 11) is 1.77. The van der Waals surface area contributed by atoms with Crippen molar-refractivity contribution in [2.24, 2.45) is 0 Å². The zero-order valence-corrected chi connectivity index (χ0v) is 20.8. The molecule has 1 aliphatic rings. The van der Waals surface area contributed by atoms with Gasteiger partial charge in [0.15, 0.2) is 5.82 Å². The van der Waals surface area contributed by atoms with Crippen molar-refractivity contribution in [1.82, 2.24) is 20.3 Å². The molecule has 0 spiro atoms. The van der Waals surface area contributed by atoms with Crippen LogP contribution in [0.4, 0.5) is 11.6 Å². The number of ether oxygens (including phenoxy) is 1. The zero-order chi connectivity index (χ0) is 25.7. The summed E-state index contributed by atoms with van der Waals surface area (Å²) in [4.78, 5) is 24.8. The van der Waals surface area contributed by atoms with Gasteiger partial charge in [-0.1, -0.05) is 12.1 Å². The fourth-order valence-electron chi connectivity index (χ4n) is 3.89. The van der Waals surface area contributed by atoms with Crippen LogP contribution in [-0.4, -0.2) is 58.6 Å². The van der Waals surface area contributed by atoms with Gasteiger partial charge in [0, 0.05) is 42.2 Å². The zero-order valence-electron chi connectivity index (χ0n) is 20.8. The van der Waals surface area contributed by atoms with E-state index in [0.29, 0.717) is 46.9 Å². The Kier molecular flexibility index (Phi) is 7.97. The summed E-state index contributed by atoms with van der Waals surface area (Å²) in [5.74, 6) is 2.09. The summed E-state index contributed by atoms with van der Waals surface area (Å²) in [5.41, 5.74) is 3.43. The number of aryl methyl sites for hydroxylation is 2. The number of hydrogen-bond donors (Lipinski definition) is 6. The number of likely N-dealkylation sites (N-methyl/N-ethyl adjacent to an activating group) is 1. The number of aromatic amines is 1. The maximum atomic E-state index is 12.5. The number of aromatic nitrogens is 3. The van der Waals surface area contributed by atoms with Gasteiger partial charge >= 0.3 is 0 Å². The smallest absolute Gasteiger partial charge is 0.253 e. The average Bonchev–Trinajstić information content (AvgIpc) is 3.66. The molecule has 1 unspecified atom stereocenters. The van der Waals surface area contributed by atoms with Gasteiger partial charge in [0.2, 0.25) is 0 Å². The second kappa shape index (κ2) is 11.3. The van der Waals surface area contributed by atoms with Gasteiger partial charge in [0.1, 0.15) is 30.1 Å². The van der Waals surface area contributed by atoms with Crippen LogP contribution < -0.4 is 26.2 Å². The topological polar surface area (TPSA) is 148 Å². The molecule has 36 heavy (non-hydrogen) atoms. The van der Waals surface area contributed by atoms with E-state index in [0.717, 1.165) is 29.7 Å². The number of nitrogens with one attached hydrogen (secondary N) is 5. The van der Waals surface area contributed by atoms with Gasteiger partial charge in [0.05, 0.1) is 5.56 Å². The fourth-order valence-corrected chi connectivity index (χ4v) is 3.89. The van der Waals surface area contributed by atoms with Crippen LogP contribution >= 0.6 is 0 Å². The van der Waals surface area contributed by atoms with Crippen molar-refractivity contribution in [2.45, 2.75) is 45.4 Å². The highest BCUT2D eigenvalue weighted by atomic mass is 16.5. The van der Waals surface area contributed by atoms with Crippen molar-refractivity contribution in [3.05, 3.63) is 63.1 Å². The number of anilines is 2. The number of pyridine rings is 1. The third-order valence-electron chi connectivity index (χ3n) is 5.91. The molecule has 0 radical (unpaired) electrons. The second-order valence-electron chi connectivity index (χ2n) is 9.07. The van der Waals surface area contributed by atoms with Crippen LogP contribution in [0, 0.1) is 19.3 Å². The van der Waals surface area contributed by atoms with Gasteiger partial charge in [-0.3, -0.25) is 4.79 Å². The lowest BCUT2D eigenvalue weighted by Gasteiger charge is -2.16. The monoisotopic (exact) mass is 491 g/mol. The molecule has 0 amide bonds. The Morgan fingerprint density at radius 2 is 2.03 bits per heavy atom. The van der Waals surface area contributed by atoms with E-state index < -0.39 is 6.10 Å². The standard InChI is InChI=1S/C26H33N7O3/c1-15-9-16(2)30-26(35)22(15)13-29-24-21(11-27)25(31-18-7-8-18)33-23(32-24)17-5-4-6-20(10-17)36-14-19(34)12-28-3/h4-6,9-11,18-19,27-28,34H,7-8,12-14H2,1-3H3,(H,30,35)(H2,29,31,32,33). The van der Waals surface area contributed by atoms with E-state index in [-0.39, 0.29) is 18.7 Å². The van der Waals surface area contributed by atoms with E-state index in [1.165, 1.54) is 6.21 Å². The number of aliphatic hydroxyl groups is 1. The number of H-pyrrole nitrogens is 1. The van der Waals surface area contributed by atoms with Gasteiger partial charge in [0.25, 0.3) is 5.56 Å². The molecule has 1 aromatic carbocycles. The second-order valence-corrected chi connectivity index (χ2v) is 9.07. The molecule has 1 aliphatic carbocycles. The van der Waals surface area contributed by atoms with Crippen LogP contribution in [0.5, 0.6) is 5.75 Å². The minimum absolute atomic E-state index is 0.146. The third kappa shape index (κ3) is 6.27. The summed E-state index contributed by atoms with van der Waals surface area (Å²) in [6, 6.07) is 9.63. The average molecular weight is 492 g/mol. The van der Waals surface area contributed by atoms with E-state index in [9.17, 15) is 9.90 Å². The molecule has 2 aromatic heterocycles. The summed E-state index contributed by atoms with van der Waals surface area (Å²) in [6.07, 6.45) is 2.71. The lowest BCUT2D eigenvalue weighted by molar-refractivity contribution is 0.108. The lowest BCUT2D eigenvalue weighted by Crippen LogP contribution is -2.29. The third-order valence-corrected chi connectivity index (χ3v) is 5.91. The maximum absolute atomic E-state index is 12.5. The van der Waals surface area contributed by atoms with Crippen LogP contribution in [0.3, 0.4) is 0 Å². The minimum atomic E-state index is -0.625. The normalized spacial score (nSPS) is 13.8. The Balaban J connectivity index is 1.65. The molecule has 4 rings (SSSR count). The van der Waals surface area contributed by atoms with Gasteiger partial charge < -0.3 is 36.2 Å². The van der Waals surface area contributed by atoms with Gasteiger partial charge in [-0.15, -0.1) is 0 Å². The Labute approximate surface area is 210 Å². The molecule has 0 aliphatic heterocycles. The Hall–Kier alpha value is -3.76. The van der Waals surface area contributed by atoms with E-state index in [1.54, 1.807) is 7.05 Å². The summed E-state index contributed by atoms with van der Waals surface area (Å²) >= 11 is 0. The van der Waals surface area contributed by atoms with Crippen LogP contribution in [-0.2, 0) is 6.54 Å². The van der Waals surface area contributed by atoms with Crippen LogP contribution in [0.25, 0.3) is 11.4 Å². The van der Waals surface area contributed by atoms with Gasteiger partial charge in [-0.05, 0) is 57.5 Å². The highest BCUT2D eigenvalue weighted by molar-refractivity contribution is 5.91. The quantitative estimate of drug-likeness (QED) is 0.212. The minimum Gasteiger partial charge on any atom is -0.491 e. The highest BCUT2D eigenvalue weighted by Crippen LogP contribution is 2.31. The molecule has 10 heteroatoms. The van der Waals surface area contributed by atoms with Crippen molar-refractivity contribution in [2.75, 3.05) is 30.8 Å². The molecule has 0 bridgehead atoms. The molecule has 3 aromatic rings. The molecule has 2 heterocycles. The van der Waals surface area contributed by atoms with E-state index in [1.807, 2.05) is 44.2 Å². The first kappa shape index (κ1) is 25.3. The molecule has 1 fully saturated rings. The maximum Gasteiger partial charge on any atom is 0.253 e. The van der Waals surface area contributed by atoms with Crippen molar-refractivity contribution in [3.63, 3.8) is 0 Å². The van der Waals surface area contributed by atoms with E-state index >= 15 is 0 Å². The van der Waals surface area contributed by atoms with E-state index in [4.69, 9.17) is 20.1 Å². The van der Waals surface area contributed by atoms with E-state index in [2.05, 4.69) is 20.9 Å². The predicted molar refractivity (Wildman–Crippen MR) is 141 cm³/mol. The number of hydrogen-bond acceptors (Lipinski definition) is 9. The Morgan fingerprint density at radius 3 is 2.72 bits per heavy atom. The number of benzene rings is 1. The summed E-state index contributed by atoms with van der Waals surface area (Å²) < 4.78 is 5.75. The Morgan fingerprint density at radius 1 is 1.25 bits per heavy atom. The van der Waals surface area contributed by atoms with Crippen molar-refractivity contribution in [1.29, 1.82) is 5.41 Å². The molecule has 0 saturated heterocycles. The molecule has 1 saturated carbocycles. The molecule has 10 nitrogen and oxygen atoms in total. The summed E-state index contributed by atoms with van der Waals surface area (Å²) in [6.45, 7) is 4.60. The molecule has 190 valence electrons. The van der Waals surface area contributed by atoms with Gasteiger partial charge in [-0.25, -0.2) is 9.97 Å². The van der Waals surface area contributed by atoms with Crippen molar-refractivity contribution in [3.8, 4) is 17.1 Å². The van der Waals surface area contributed by atoms with Gasteiger partial charge in [-0.2, -0.15) is 0 Å². The molecular weight excluding hydrogens is 458 g/mol. The largest absolute Gasteiger partial charge is 0.491 e. The summed E-state index contributed by atoms with van der Waals surface area (Å²) in [5, 5.41) is 27.5. The molecular formula is C26H33N7O3. The van der Waals surface area contributed by atoms with Crippen molar-refractivity contribution < 1.29 is 9.84 Å². The first-order valence-electron chi connectivity index (χ1n) is 12.1. The lowest BCUT2D eigenvalue weighted by atomic mass is 10.1. The number of rotatable bonds is 12. The number of aliphatic hydroxyl groups excluding tert-OH is 1. The SMILES string of the molecule is CNCC(O)COc1cccc(-c2nc(NCc3c(C)cc(C)[nH]c3=O)c(C=N)c(NC3CC3)n2)c1. The predicted octanol–water partition coefficient (Wildman–Crippen LogP) is 2.59. The van der Waals surface area contributed by atoms with Crippen molar-refractivity contribution >= 4 is 17.9 Å². The molecule has 1 atom stereocenters. The molecule has 6 N–H and O–H groups in total. The van der Waals surface area contributed by atoms with Crippen LogP contribution in [0.1, 0.15) is 35.2 Å². The first-order chi connectivity index (χ1) is 17.4. The first-order valence-corrected chi connectivity index (χ1v) is 12.1.